The largest absolute Gasteiger partial charge is 0.339 e. The van der Waals surface area contributed by atoms with E-state index in [-0.39, 0.29) is 0 Å². The summed E-state index contributed by atoms with van der Waals surface area (Å²) in [6.07, 6.45) is 5.34. The van der Waals surface area contributed by atoms with E-state index in [1.165, 1.54) is 0 Å². The average Bonchev–Trinajstić information content (AvgIpc) is 3.18. The van der Waals surface area contributed by atoms with Gasteiger partial charge in [-0.1, -0.05) is 30.3 Å². The second-order valence-corrected chi connectivity index (χ2v) is 6.67. The third-order valence-corrected chi connectivity index (χ3v) is 4.48. The Morgan fingerprint density at radius 1 is 1.22 bits per heavy atom. The quantitative estimate of drug-likeness (QED) is 0.666. The number of rotatable bonds is 7. The SMILES string of the molecule is CCCc1nc(C[S@@](=O)Cc2cnn(-c3ccccc3)c2)no1. The normalized spacial score (nSPS) is 12.4. The van der Waals surface area contributed by atoms with Gasteiger partial charge in [0.1, 0.15) is 0 Å². The van der Waals surface area contributed by atoms with E-state index in [0.717, 1.165) is 24.1 Å². The van der Waals surface area contributed by atoms with Crippen molar-refractivity contribution in [1.82, 2.24) is 19.9 Å². The lowest BCUT2D eigenvalue weighted by molar-refractivity contribution is 0.373. The second kappa shape index (κ2) is 7.32. The first kappa shape index (κ1) is 15.6. The van der Waals surface area contributed by atoms with Gasteiger partial charge in [-0.3, -0.25) is 4.21 Å². The molecule has 0 amide bonds. The predicted octanol–water partition coefficient (Wildman–Crippen LogP) is 2.66. The van der Waals surface area contributed by atoms with Gasteiger partial charge in [0.15, 0.2) is 5.82 Å². The molecule has 0 bridgehead atoms. The topological polar surface area (TPSA) is 73.8 Å². The van der Waals surface area contributed by atoms with Gasteiger partial charge in [0.25, 0.3) is 0 Å². The van der Waals surface area contributed by atoms with Crippen LogP contribution in [0, 0.1) is 0 Å². The van der Waals surface area contributed by atoms with Crippen LogP contribution >= 0.6 is 0 Å². The lowest BCUT2D eigenvalue weighted by Crippen LogP contribution is -2.01. The molecule has 0 spiro atoms. The minimum absolute atomic E-state index is 0.295. The van der Waals surface area contributed by atoms with Crippen LogP contribution in [0.1, 0.15) is 30.6 Å². The van der Waals surface area contributed by atoms with Crippen molar-refractivity contribution in [2.75, 3.05) is 0 Å². The van der Waals surface area contributed by atoms with E-state index in [1.54, 1.807) is 10.9 Å². The first-order chi connectivity index (χ1) is 11.2. The summed E-state index contributed by atoms with van der Waals surface area (Å²) in [5.74, 6) is 1.83. The standard InChI is InChI=1S/C16H18N4O2S/c1-2-6-16-18-15(19-22-16)12-23(21)11-13-9-17-20(10-13)14-7-4-3-5-8-14/h3-5,7-10H,2,6,11-12H2,1H3/t23-/m0/s1. The van der Waals surface area contributed by atoms with Crippen molar-refractivity contribution >= 4 is 10.8 Å². The summed E-state index contributed by atoms with van der Waals surface area (Å²) in [7, 11) is -1.09. The first-order valence-electron chi connectivity index (χ1n) is 7.50. The summed E-state index contributed by atoms with van der Waals surface area (Å²) in [6, 6.07) is 9.82. The summed E-state index contributed by atoms with van der Waals surface area (Å²) in [5, 5.41) is 8.18. The van der Waals surface area contributed by atoms with Gasteiger partial charge in [-0.2, -0.15) is 10.1 Å². The summed E-state index contributed by atoms with van der Waals surface area (Å²) in [5.41, 5.74) is 1.90. The van der Waals surface area contributed by atoms with E-state index in [4.69, 9.17) is 4.52 Å². The Kier molecular flexibility index (Phi) is 4.97. The molecule has 0 N–H and O–H groups in total. The molecule has 6 nitrogen and oxygen atoms in total. The van der Waals surface area contributed by atoms with Gasteiger partial charge in [0, 0.05) is 29.0 Å². The number of hydrogen-bond acceptors (Lipinski definition) is 5. The van der Waals surface area contributed by atoms with Crippen molar-refractivity contribution in [3.05, 3.63) is 60.0 Å². The molecule has 0 aliphatic rings. The highest BCUT2D eigenvalue weighted by Gasteiger charge is 2.11. The molecule has 0 saturated carbocycles. The van der Waals surface area contributed by atoms with Crippen LogP contribution in [-0.2, 0) is 28.7 Å². The average molecular weight is 330 g/mol. The summed E-state index contributed by atoms with van der Waals surface area (Å²) in [6.45, 7) is 2.05. The Labute approximate surface area is 137 Å². The Balaban J connectivity index is 1.60. The number of para-hydroxylation sites is 1. The van der Waals surface area contributed by atoms with Crippen molar-refractivity contribution in [3.63, 3.8) is 0 Å². The van der Waals surface area contributed by atoms with Gasteiger partial charge in [-0.05, 0) is 18.6 Å². The number of nitrogens with zero attached hydrogens (tertiary/aromatic N) is 4. The molecule has 1 atom stereocenters. The van der Waals surface area contributed by atoms with E-state index in [0.29, 0.717) is 23.2 Å². The van der Waals surface area contributed by atoms with Gasteiger partial charge in [0.2, 0.25) is 5.89 Å². The molecule has 0 saturated heterocycles. The minimum Gasteiger partial charge on any atom is -0.339 e. The molecule has 3 rings (SSSR count). The zero-order valence-electron chi connectivity index (χ0n) is 12.9. The summed E-state index contributed by atoms with van der Waals surface area (Å²) >= 11 is 0. The molecule has 7 heteroatoms. The van der Waals surface area contributed by atoms with Gasteiger partial charge >= 0.3 is 0 Å². The monoisotopic (exact) mass is 330 g/mol. The Hall–Kier alpha value is -2.28. The predicted molar refractivity (Wildman–Crippen MR) is 87.4 cm³/mol. The van der Waals surface area contributed by atoms with E-state index < -0.39 is 10.8 Å². The molecule has 0 aliphatic heterocycles. The second-order valence-electron chi connectivity index (χ2n) is 5.21. The molecular formula is C16H18N4O2S. The van der Waals surface area contributed by atoms with Gasteiger partial charge in [0.05, 0.1) is 23.4 Å². The molecule has 120 valence electrons. The fraction of sp³-hybridized carbons (Fsp3) is 0.312. The lowest BCUT2D eigenvalue weighted by Gasteiger charge is -1.99. The fourth-order valence-corrected chi connectivity index (χ4v) is 3.23. The third kappa shape index (κ3) is 4.13. The van der Waals surface area contributed by atoms with Crippen LogP contribution in [0.3, 0.4) is 0 Å². The number of benzene rings is 1. The van der Waals surface area contributed by atoms with Crippen LogP contribution < -0.4 is 0 Å². The minimum atomic E-state index is -1.09. The third-order valence-electron chi connectivity index (χ3n) is 3.25. The van der Waals surface area contributed by atoms with Crippen molar-refractivity contribution in [3.8, 4) is 5.69 Å². The molecule has 3 aromatic rings. The van der Waals surface area contributed by atoms with Crippen LogP contribution in [0.15, 0.2) is 47.2 Å². The van der Waals surface area contributed by atoms with Crippen LogP contribution in [-0.4, -0.2) is 24.1 Å². The fourth-order valence-electron chi connectivity index (χ4n) is 2.20. The maximum atomic E-state index is 12.2. The van der Waals surface area contributed by atoms with Crippen molar-refractivity contribution < 1.29 is 8.73 Å². The summed E-state index contributed by atoms with van der Waals surface area (Å²) in [4.78, 5) is 4.24. The first-order valence-corrected chi connectivity index (χ1v) is 8.99. The molecule has 2 heterocycles. The lowest BCUT2D eigenvalue weighted by atomic mass is 10.3. The molecule has 0 unspecified atom stereocenters. The van der Waals surface area contributed by atoms with Crippen molar-refractivity contribution in [2.45, 2.75) is 31.3 Å². The highest BCUT2D eigenvalue weighted by Crippen LogP contribution is 2.11. The zero-order chi connectivity index (χ0) is 16.1. The molecule has 1 aromatic carbocycles. The highest BCUT2D eigenvalue weighted by atomic mass is 32.2. The van der Waals surface area contributed by atoms with E-state index in [2.05, 4.69) is 15.2 Å². The van der Waals surface area contributed by atoms with Crippen molar-refractivity contribution in [1.29, 1.82) is 0 Å². The van der Waals surface area contributed by atoms with Crippen LogP contribution in [0.4, 0.5) is 0 Å². The number of aryl methyl sites for hydroxylation is 1. The van der Waals surface area contributed by atoms with Gasteiger partial charge in [-0.15, -0.1) is 0 Å². The Bertz CT molecular complexity index is 782. The van der Waals surface area contributed by atoms with E-state index >= 15 is 0 Å². The highest BCUT2D eigenvalue weighted by molar-refractivity contribution is 7.83. The molecular weight excluding hydrogens is 312 g/mol. The number of hydrogen-bond donors (Lipinski definition) is 0. The molecule has 2 aromatic heterocycles. The molecule has 0 aliphatic carbocycles. The maximum absolute atomic E-state index is 12.2. The van der Waals surface area contributed by atoms with Crippen LogP contribution in [0.25, 0.3) is 5.69 Å². The Morgan fingerprint density at radius 2 is 2.04 bits per heavy atom. The molecule has 0 radical (unpaired) electrons. The van der Waals surface area contributed by atoms with Crippen LogP contribution in [0.2, 0.25) is 0 Å². The van der Waals surface area contributed by atoms with E-state index in [1.807, 2.05) is 43.5 Å². The molecule has 23 heavy (non-hydrogen) atoms. The van der Waals surface area contributed by atoms with Gasteiger partial charge in [-0.25, -0.2) is 4.68 Å². The zero-order valence-corrected chi connectivity index (χ0v) is 13.7. The van der Waals surface area contributed by atoms with E-state index in [9.17, 15) is 4.21 Å². The van der Waals surface area contributed by atoms with Crippen molar-refractivity contribution in [2.24, 2.45) is 0 Å². The van der Waals surface area contributed by atoms with Crippen LogP contribution in [0.5, 0.6) is 0 Å². The Morgan fingerprint density at radius 3 is 2.83 bits per heavy atom. The smallest absolute Gasteiger partial charge is 0.226 e. The van der Waals surface area contributed by atoms with Gasteiger partial charge < -0.3 is 4.52 Å². The summed E-state index contributed by atoms with van der Waals surface area (Å²) < 4.78 is 19.1. The number of aromatic nitrogens is 4. The molecule has 0 fully saturated rings. The maximum Gasteiger partial charge on any atom is 0.226 e.